The molecule has 0 aliphatic rings. The van der Waals surface area contributed by atoms with Crippen molar-refractivity contribution in [3.63, 3.8) is 0 Å². The van der Waals surface area contributed by atoms with Crippen LogP contribution in [0.5, 0.6) is 0 Å². The summed E-state index contributed by atoms with van der Waals surface area (Å²) >= 11 is 0. The normalized spacial score (nSPS) is 12.6. The lowest BCUT2D eigenvalue weighted by atomic mass is 10.0. The Kier molecular flexibility index (Phi) is 60.3. The second kappa shape index (κ2) is 63.1. The van der Waals surface area contributed by atoms with E-state index in [1.807, 2.05) is 0 Å². The number of unbranched alkanes of at least 4 members (excludes halogenated alkanes) is 33. The van der Waals surface area contributed by atoms with Gasteiger partial charge >= 0.3 is 17.9 Å². The zero-order chi connectivity index (χ0) is 54.3. The molecule has 0 aromatic carbocycles. The van der Waals surface area contributed by atoms with Gasteiger partial charge < -0.3 is 14.2 Å². The van der Waals surface area contributed by atoms with Crippen molar-refractivity contribution >= 4 is 17.9 Å². The van der Waals surface area contributed by atoms with Gasteiger partial charge in [0.15, 0.2) is 6.10 Å². The molecule has 0 aliphatic heterocycles. The average molecular weight is 1050 g/mol. The molecule has 75 heavy (non-hydrogen) atoms. The molecule has 1 unspecified atom stereocenters. The Hall–Kier alpha value is -3.41. The summed E-state index contributed by atoms with van der Waals surface area (Å²) in [4.78, 5) is 37.9. The van der Waals surface area contributed by atoms with E-state index >= 15 is 0 Å². The lowest BCUT2D eigenvalue weighted by Gasteiger charge is -2.18. The van der Waals surface area contributed by atoms with Crippen LogP contribution in [0.25, 0.3) is 0 Å². The molecule has 0 aromatic heterocycles. The molecule has 0 rings (SSSR count). The molecular formula is C69H120O6. The molecule has 432 valence electrons. The molecule has 0 aromatic rings. The van der Waals surface area contributed by atoms with Crippen LogP contribution in [0.3, 0.4) is 0 Å². The van der Waals surface area contributed by atoms with Crippen LogP contribution in [0.2, 0.25) is 0 Å². The van der Waals surface area contributed by atoms with Crippen LogP contribution < -0.4 is 0 Å². The summed E-state index contributed by atoms with van der Waals surface area (Å²) in [5, 5.41) is 0. The second-order valence-electron chi connectivity index (χ2n) is 21.3. The first-order chi connectivity index (χ1) is 37.0. The summed E-state index contributed by atoms with van der Waals surface area (Å²) in [5.41, 5.74) is 0. The van der Waals surface area contributed by atoms with Crippen LogP contribution in [0.4, 0.5) is 0 Å². The smallest absolute Gasteiger partial charge is 0.306 e. The van der Waals surface area contributed by atoms with Gasteiger partial charge in [-0.15, -0.1) is 0 Å². The Morgan fingerprint density at radius 2 is 0.520 bits per heavy atom. The van der Waals surface area contributed by atoms with Crippen molar-refractivity contribution in [2.24, 2.45) is 0 Å². The van der Waals surface area contributed by atoms with Crippen molar-refractivity contribution in [2.45, 2.75) is 322 Å². The molecule has 0 bridgehead atoms. The molecule has 0 N–H and O–H groups in total. The predicted octanol–water partition coefficient (Wildman–Crippen LogP) is 21.9. The highest BCUT2D eigenvalue weighted by Crippen LogP contribution is 2.17. The minimum absolute atomic E-state index is 0.0853. The standard InChI is InChI=1S/C69H120O6/c1-4-7-10-13-15-17-19-21-23-25-27-29-31-32-33-34-35-36-38-39-41-43-45-47-49-51-53-56-59-62-68(71)74-65-66(64-73-67(70)61-58-55-12-9-6-3)75-69(72)63-60-57-54-52-50-48-46-44-42-40-37-30-28-26-24-22-20-18-16-14-11-8-5-2/h8,11,16,18,22,24-25,27-28,30,40,42,46,48,66H,4-7,9-10,12-15,17,19-21,23,26,29,31-39,41,43-45,47,49-65H2,1-3H3/b11-8-,18-16-,24-22-,27-25-,30-28-,42-40-,48-46-. The molecule has 0 fully saturated rings. The van der Waals surface area contributed by atoms with E-state index in [0.29, 0.717) is 19.3 Å². The minimum Gasteiger partial charge on any atom is -0.462 e. The lowest BCUT2D eigenvalue weighted by molar-refractivity contribution is -0.167. The molecule has 0 amide bonds. The van der Waals surface area contributed by atoms with Gasteiger partial charge in [0.25, 0.3) is 0 Å². The third kappa shape index (κ3) is 61.3. The largest absolute Gasteiger partial charge is 0.462 e. The maximum absolute atomic E-state index is 12.8. The molecule has 0 spiro atoms. The number of hydrogen-bond acceptors (Lipinski definition) is 6. The van der Waals surface area contributed by atoms with Crippen molar-refractivity contribution in [3.05, 3.63) is 85.1 Å². The lowest BCUT2D eigenvalue weighted by Crippen LogP contribution is -2.30. The number of allylic oxidation sites excluding steroid dienone is 14. The molecule has 6 heteroatoms. The third-order valence-electron chi connectivity index (χ3n) is 13.9. The summed E-state index contributed by atoms with van der Waals surface area (Å²) in [7, 11) is 0. The first-order valence-corrected chi connectivity index (χ1v) is 32.1. The van der Waals surface area contributed by atoms with E-state index in [2.05, 4.69) is 106 Å². The van der Waals surface area contributed by atoms with Gasteiger partial charge in [0.2, 0.25) is 0 Å². The topological polar surface area (TPSA) is 78.9 Å². The predicted molar refractivity (Wildman–Crippen MR) is 325 cm³/mol. The van der Waals surface area contributed by atoms with E-state index < -0.39 is 6.10 Å². The van der Waals surface area contributed by atoms with Crippen LogP contribution in [0, 0.1) is 0 Å². The molecule has 0 aliphatic carbocycles. The first kappa shape index (κ1) is 71.6. The quantitative estimate of drug-likeness (QED) is 0.0261. The van der Waals surface area contributed by atoms with Crippen molar-refractivity contribution in [1.82, 2.24) is 0 Å². The van der Waals surface area contributed by atoms with E-state index in [1.54, 1.807) is 0 Å². The van der Waals surface area contributed by atoms with Crippen molar-refractivity contribution in [3.8, 4) is 0 Å². The van der Waals surface area contributed by atoms with E-state index in [-0.39, 0.29) is 31.1 Å². The van der Waals surface area contributed by atoms with E-state index in [4.69, 9.17) is 14.2 Å². The van der Waals surface area contributed by atoms with Crippen LogP contribution >= 0.6 is 0 Å². The number of rotatable bonds is 58. The molecule has 6 nitrogen and oxygen atoms in total. The molecule has 0 heterocycles. The number of carbonyl (C=O) groups excluding carboxylic acids is 3. The van der Waals surface area contributed by atoms with E-state index in [1.165, 1.54) is 161 Å². The van der Waals surface area contributed by atoms with Gasteiger partial charge in [-0.2, -0.15) is 0 Å². The monoisotopic (exact) mass is 1040 g/mol. The van der Waals surface area contributed by atoms with Gasteiger partial charge in [0.05, 0.1) is 0 Å². The number of ether oxygens (including phenoxy) is 3. The maximum Gasteiger partial charge on any atom is 0.306 e. The van der Waals surface area contributed by atoms with Crippen LogP contribution in [0.15, 0.2) is 85.1 Å². The highest BCUT2D eigenvalue weighted by atomic mass is 16.6. The van der Waals surface area contributed by atoms with Gasteiger partial charge in [-0.25, -0.2) is 0 Å². The maximum atomic E-state index is 12.8. The fourth-order valence-electron chi connectivity index (χ4n) is 9.09. The second-order valence-corrected chi connectivity index (χ2v) is 21.3. The highest BCUT2D eigenvalue weighted by molar-refractivity contribution is 5.71. The van der Waals surface area contributed by atoms with Gasteiger partial charge in [0.1, 0.15) is 13.2 Å². The molecular weight excluding hydrogens is 925 g/mol. The first-order valence-electron chi connectivity index (χ1n) is 32.1. The van der Waals surface area contributed by atoms with Gasteiger partial charge in [-0.1, -0.05) is 286 Å². The Bertz CT molecular complexity index is 1430. The summed E-state index contributed by atoms with van der Waals surface area (Å²) in [6, 6.07) is 0. The summed E-state index contributed by atoms with van der Waals surface area (Å²) < 4.78 is 16.7. The Morgan fingerprint density at radius 1 is 0.280 bits per heavy atom. The molecule has 0 radical (unpaired) electrons. The van der Waals surface area contributed by atoms with Gasteiger partial charge in [-0.05, 0) is 96.3 Å². The van der Waals surface area contributed by atoms with Crippen LogP contribution in [0.1, 0.15) is 316 Å². The Morgan fingerprint density at radius 3 is 0.827 bits per heavy atom. The van der Waals surface area contributed by atoms with Crippen molar-refractivity contribution in [2.75, 3.05) is 13.2 Å². The number of esters is 3. The molecule has 0 saturated carbocycles. The fourth-order valence-corrected chi connectivity index (χ4v) is 9.09. The SMILES string of the molecule is CC/C=C\C/C=C\C/C=C\C/C=C\C/C=C\C/C=C\CCCCCCC(=O)OC(COC(=O)CCCCCCC)COC(=O)CCCCCCCCCCCCCCCCCCC/C=C\CCCCCCCCCC. The Balaban J connectivity index is 4.05. The van der Waals surface area contributed by atoms with Gasteiger partial charge in [-0.3, -0.25) is 14.4 Å². The number of hydrogen-bond donors (Lipinski definition) is 0. The third-order valence-corrected chi connectivity index (χ3v) is 13.9. The van der Waals surface area contributed by atoms with Crippen molar-refractivity contribution < 1.29 is 28.6 Å². The van der Waals surface area contributed by atoms with Crippen LogP contribution in [-0.2, 0) is 28.6 Å². The zero-order valence-electron chi connectivity index (χ0n) is 49.6. The molecule has 0 saturated heterocycles. The van der Waals surface area contributed by atoms with Crippen LogP contribution in [-0.4, -0.2) is 37.2 Å². The number of carbonyl (C=O) groups is 3. The summed E-state index contributed by atoms with van der Waals surface area (Å²) in [5.74, 6) is -0.916. The summed E-state index contributed by atoms with van der Waals surface area (Å²) in [6.07, 6.45) is 83.6. The average Bonchev–Trinajstić information content (AvgIpc) is 3.41. The highest BCUT2D eigenvalue weighted by Gasteiger charge is 2.19. The van der Waals surface area contributed by atoms with E-state index in [9.17, 15) is 14.4 Å². The zero-order valence-corrected chi connectivity index (χ0v) is 49.6. The Labute approximate surface area is 465 Å². The molecule has 1 atom stereocenters. The minimum atomic E-state index is -0.787. The summed E-state index contributed by atoms with van der Waals surface area (Å²) in [6.45, 7) is 6.45. The van der Waals surface area contributed by atoms with Gasteiger partial charge in [0, 0.05) is 19.3 Å². The van der Waals surface area contributed by atoms with E-state index in [0.717, 1.165) is 116 Å². The fraction of sp³-hybridized carbons (Fsp3) is 0.754. The van der Waals surface area contributed by atoms with Crippen molar-refractivity contribution in [1.29, 1.82) is 0 Å².